The van der Waals surface area contributed by atoms with Crippen molar-refractivity contribution in [3.8, 4) is 0 Å². The van der Waals surface area contributed by atoms with E-state index in [4.69, 9.17) is 0 Å². The number of carbonyl (C=O) groups is 1. The van der Waals surface area contributed by atoms with E-state index in [1.54, 1.807) is 0 Å². The molecule has 4 rings (SSSR count). The lowest BCUT2D eigenvalue weighted by molar-refractivity contribution is 0.140. The number of rotatable bonds is 7. The van der Waals surface area contributed by atoms with E-state index >= 15 is 0 Å². The molecule has 1 fully saturated rings. The predicted octanol–water partition coefficient (Wildman–Crippen LogP) is 3.67. The molecule has 2 amide bonds. The first-order chi connectivity index (χ1) is 14.3. The van der Waals surface area contributed by atoms with Crippen LogP contribution in [0.2, 0.25) is 0 Å². The zero-order valence-electron chi connectivity index (χ0n) is 16.9. The van der Waals surface area contributed by atoms with Gasteiger partial charge in [0.15, 0.2) is 0 Å². The zero-order chi connectivity index (χ0) is 19.9. The maximum Gasteiger partial charge on any atom is 0.317 e. The molecule has 0 atom stereocenters. The molecule has 152 valence electrons. The van der Waals surface area contributed by atoms with Crippen LogP contribution in [0.4, 0.5) is 4.79 Å². The van der Waals surface area contributed by atoms with Crippen LogP contribution in [0, 0.1) is 0 Å². The van der Waals surface area contributed by atoms with Crippen LogP contribution in [-0.4, -0.2) is 60.1 Å². The number of fused-ring (bicyclic) bond motifs is 1. The summed E-state index contributed by atoms with van der Waals surface area (Å²) < 4.78 is 0. The van der Waals surface area contributed by atoms with Crippen LogP contribution in [0.15, 0.2) is 60.8 Å². The van der Waals surface area contributed by atoms with Gasteiger partial charge in [0.1, 0.15) is 0 Å². The topological polar surface area (TPSA) is 51.4 Å². The van der Waals surface area contributed by atoms with Gasteiger partial charge in [-0.1, -0.05) is 48.5 Å². The number of piperazine rings is 1. The van der Waals surface area contributed by atoms with Crippen molar-refractivity contribution in [2.45, 2.75) is 19.3 Å². The molecule has 0 aliphatic carbocycles. The predicted molar refractivity (Wildman–Crippen MR) is 118 cm³/mol. The molecule has 1 aromatic heterocycles. The Morgan fingerprint density at radius 1 is 0.931 bits per heavy atom. The van der Waals surface area contributed by atoms with Gasteiger partial charge in [0.2, 0.25) is 0 Å². The van der Waals surface area contributed by atoms with Crippen LogP contribution in [0.5, 0.6) is 0 Å². The number of H-pyrrole nitrogens is 1. The molecule has 0 radical (unpaired) electrons. The van der Waals surface area contributed by atoms with E-state index in [9.17, 15) is 4.79 Å². The van der Waals surface area contributed by atoms with Gasteiger partial charge < -0.3 is 15.2 Å². The van der Waals surface area contributed by atoms with Crippen molar-refractivity contribution >= 4 is 16.9 Å². The minimum Gasteiger partial charge on any atom is -0.361 e. The highest BCUT2D eigenvalue weighted by Gasteiger charge is 2.20. The van der Waals surface area contributed by atoms with E-state index in [-0.39, 0.29) is 6.03 Å². The van der Waals surface area contributed by atoms with Gasteiger partial charge in [-0.3, -0.25) is 4.90 Å². The second kappa shape index (κ2) is 9.61. The van der Waals surface area contributed by atoms with Crippen molar-refractivity contribution in [3.63, 3.8) is 0 Å². The molecule has 1 aliphatic rings. The number of hydrogen-bond donors (Lipinski definition) is 2. The van der Waals surface area contributed by atoms with Gasteiger partial charge in [-0.15, -0.1) is 0 Å². The average Bonchev–Trinajstić information content (AvgIpc) is 3.19. The van der Waals surface area contributed by atoms with Crippen LogP contribution in [-0.2, 0) is 12.8 Å². The summed E-state index contributed by atoms with van der Waals surface area (Å²) in [5.41, 5.74) is 3.90. The molecule has 2 aromatic carbocycles. The van der Waals surface area contributed by atoms with Crippen LogP contribution in [0.1, 0.15) is 17.5 Å². The van der Waals surface area contributed by atoms with Gasteiger partial charge in [-0.05, 0) is 36.5 Å². The number of amides is 2. The quantitative estimate of drug-likeness (QED) is 0.605. The number of carbonyl (C=O) groups excluding carboxylic acids is 1. The summed E-state index contributed by atoms with van der Waals surface area (Å²) >= 11 is 0. The fourth-order valence-electron chi connectivity index (χ4n) is 4.04. The van der Waals surface area contributed by atoms with Gasteiger partial charge in [0.25, 0.3) is 0 Å². The van der Waals surface area contributed by atoms with E-state index < -0.39 is 0 Å². The SMILES string of the molecule is O=C(NCCCc1ccccc1)N1CCN(CCc2c[nH]c3ccccc23)CC1. The highest BCUT2D eigenvalue weighted by atomic mass is 16.2. The van der Waals surface area contributed by atoms with Crippen molar-refractivity contribution in [2.75, 3.05) is 39.3 Å². The minimum absolute atomic E-state index is 0.0781. The number of aromatic amines is 1. The van der Waals surface area contributed by atoms with E-state index in [0.29, 0.717) is 0 Å². The summed E-state index contributed by atoms with van der Waals surface area (Å²) in [6.07, 6.45) is 5.14. The van der Waals surface area contributed by atoms with E-state index in [2.05, 4.69) is 69.9 Å². The summed E-state index contributed by atoms with van der Waals surface area (Å²) in [5, 5.41) is 4.40. The molecule has 1 saturated heterocycles. The van der Waals surface area contributed by atoms with Crippen molar-refractivity contribution in [2.24, 2.45) is 0 Å². The van der Waals surface area contributed by atoms with Crippen molar-refractivity contribution < 1.29 is 4.79 Å². The Labute approximate surface area is 172 Å². The van der Waals surface area contributed by atoms with E-state index in [1.807, 2.05) is 11.0 Å². The second-order valence-corrected chi connectivity index (χ2v) is 7.76. The molecule has 5 heteroatoms. The average molecular weight is 391 g/mol. The fourth-order valence-corrected chi connectivity index (χ4v) is 4.04. The van der Waals surface area contributed by atoms with Crippen LogP contribution < -0.4 is 5.32 Å². The Morgan fingerprint density at radius 3 is 2.52 bits per heavy atom. The van der Waals surface area contributed by atoms with E-state index in [0.717, 1.165) is 58.5 Å². The Kier molecular flexibility index (Phi) is 6.47. The smallest absolute Gasteiger partial charge is 0.317 e. The maximum atomic E-state index is 12.4. The molecule has 1 aliphatic heterocycles. The van der Waals surface area contributed by atoms with Crippen molar-refractivity contribution in [3.05, 3.63) is 71.9 Å². The Morgan fingerprint density at radius 2 is 1.69 bits per heavy atom. The monoisotopic (exact) mass is 390 g/mol. The van der Waals surface area contributed by atoms with Gasteiger partial charge in [-0.2, -0.15) is 0 Å². The normalized spacial score (nSPS) is 15.0. The first-order valence-electron chi connectivity index (χ1n) is 10.6. The molecule has 0 unspecified atom stereocenters. The van der Waals surface area contributed by atoms with Gasteiger partial charge >= 0.3 is 6.03 Å². The zero-order valence-corrected chi connectivity index (χ0v) is 16.9. The molecule has 0 bridgehead atoms. The van der Waals surface area contributed by atoms with Gasteiger partial charge in [-0.25, -0.2) is 4.79 Å². The summed E-state index contributed by atoms with van der Waals surface area (Å²) in [6, 6.07) is 19.0. The first-order valence-corrected chi connectivity index (χ1v) is 10.6. The Balaban J connectivity index is 1.15. The number of para-hydroxylation sites is 1. The summed E-state index contributed by atoms with van der Waals surface area (Å²) in [6.45, 7) is 5.26. The number of benzene rings is 2. The third-order valence-electron chi connectivity index (χ3n) is 5.79. The van der Waals surface area contributed by atoms with Gasteiger partial charge in [0.05, 0.1) is 0 Å². The number of hydrogen-bond acceptors (Lipinski definition) is 2. The highest BCUT2D eigenvalue weighted by molar-refractivity contribution is 5.83. The first kappa shape index (κ1) is 19.5. The molecular formula is C24H30N4O. The lowest BCUT2D eigenvalue weighted by Gasteiger charge is -2.34. The summed E-state index contributed by atoms with van der Waals surface area (Å²) in [4.78, 5) is 20.2. The second-order valence-electron chi connectivity index (χ2n) is 7.76. The molecule has 2 heterocycles. The van der Waals surface area contributed by atoms with Crippen molar-refractivity contribution in [1.82, 2.24) is 20.1 Å². The maximum absolute atomic E-state index is 12.4. The number of aryl methyl sites for hydroxylation is 1. The lowest BCUT2D eigenvalue weighted by Crippen LogP contribution is -2.52. The van der Waals surface area contributed by atoms with Crippen molar-refractivity contribution in [1.29, 1.82) is 0 Å². The number of nitrogens with zero attached hydrogens (tertiary/aromatic N) is 2. The lowest BCUT2D eigenvalue weighted by atomic mass is 10.1. The molecule has 0 saturated carbocycles. The largest absolute Gasteiger partial charge is 0.361 e. The number of nitrogens with one attached hydrogen (secondary N) is 2. The third-order valence-corrected chi connectivity index (χ3v) is 5.79. The summed E-state index contributed by atoms with van der Waals surface area (Å²) in [7, 11) is 0. The third kappa shape index (κ3) is 5.18. The Hall–Kier alpha value is -2.79. The van der Waals surface area contributed by atoms with Crippen LogP contribution in [0.3, 0.4) is 0 Å². The molecule has 29 heavy (non-hydrogen) atoms. The molecular weight excluding hydrogens is 360 g/mol. The Bertz CT molecular complexity index is 913. The standard InChI is InChI=1S/C24H30N4O/c29-24(25-13-6-9-20-7-2-1-3-8-20)28-17-15-27(16-18-28)14-12-21-19-26-23-11-5-4-10-22(21)23/h1-5,7-8,10-11,19,26H,6,9,12-18H2,(H,25,29). The van der Waals surface area contributed by atoms with Gasteiger partial charge in [0, 0.05) is 56.4 Å². The number of aromatic nitrogens is 1. The fraction of sp³-hybridized carbons (Fsp3) is 0.375. The summed E-state index contributed by atoms with van der Waals surface area (Å²) in [5.74, 6) is 0. The highest BCUT2D eigenvalue weighted by Crippen LogP contribution is 2.18. The number of urea groups is 1. The molecule has 0 spiro atoms. The van der Waals surface area contributed by atoms with Crippen LogP contribution >= 0.6 is 0 Å². The molecule has 5 nitrogen and oxygen atoms in total. The van der Waals surface area contributed by atoms with Crippen LogP contribution in [0.25, 0.3) is 10.9 Å². The molecule has 2 N–H and O–H groups in total. The minimum atomic E-state index is 0.0781. The molecule has 3 aromatic rings. The van der Waals surface area contributed by atoms with E-state index in [1.165, 1.54) is 22.0 Å².